The molecule has 2 N–H and O–H groups in total. The van der Waals surface area contributed by atoms with Gasteiger partial charge in [0.05, 0.1) is 30.1 Å². The van der Waals surface area contributed by atoms with Crippen LogP contribution in [-0.4, -0.2) is 19.3 Å². The fourth-order valence-corrected chi connectivity index (χ4v) is 2.17. The van der Waals surface area contributed by atoms with Crippen molar-refractivity contribution in [3.05, 3.63) is 54.7 Å². The van der Waals surface area contributed by atoms with Gasteiger partial charge in [-0.25, -0.2) is 4.98 Å². The lowest BCUT2D eigenvalue weighted by atomic mass is 10.1. The lowest BCUT2D eigenvalue weighted by Crippen LogP contribution is -2.04. The van der Waals surface area contributed by atoms with Crippen molar-refractivity contribution in [2.45, 2.75) is 6.54 Å². The zero-order valence-corrected chi connectivity index (χ0v) is 10.7. The highest BCUT2D eigenvalue weighted by molar-refractivity contribution is 5.61. The van der Waals surface area contributed by atoms with Gasteiger partial charge in [0, 0.05) is 25.4 Å². The smallest absolute Gasteiger partial charge is 0.0997 e. The Balaban J connectivity index is 2.14. The molecule has 96 valence electrons. The fourth-order valence-electron chi connectivity index (χ4n) is 2.17. The number of rotatable bonds is 3. The molecule has 2 aromatic heterocycles. The molecule has 0 saturated carbocycles. The number of hydrogen-bond acceptors (Lipinski definition) is 3. The van der Waals surface area contributed by atoms with Crippen molar-refractivity contribution in [2.24, 2.45) is 12.8 Å². The van der Waals surface area contributed by atoms with Crippen molar-refractivity contribution >= 4 is 0 Å². The van der Waals surface area contributed by atoms with Crippen molar-refractivity contribution in [1.82, 2.24) is 19.3 Å². The van der Waals surface area contributed by atoms with E-state index in [1.807, 2.05) is 54.5 Å². The Bertz CT molecular complexity index is 695. The Kier molecular flexibility index (Phi) is 2.89. The number of aromatic nitrogens is 4. The van der Waals surface area contributed by atoms with Gasteiger partial charge in [-0.3, -0.25) is 9.25 Å². The monoisotopic (exact) mass is 253 g/mol. The Hall–Kier alpha value is -2.40. The van der Waals surface area contributed by atoms with Gasteiger partial charge in [-0.15, -0.1) is 0 Å². The Labute approximate surface area is 111 Å². The van der Waals surface area contributed by atoms with Crippen LogP contribution in [0.4, 0.5) is 0 Å². The van der Waals surface area contributed by atoms with Crippen LogP contribution in [-0.2, 0) is 13.6 Å². The second kappa shape index (κ2) is 4.70. The van der Waals surface area contributed by atoms with Crippen LogP contribution in [0.3, 0.4) is 0 Å². The molecule has 0 unspecified atom stereocenters. The summed E-state index contributed by atoms with van der Waals surface area (Å²) in [5.74, 6) is 0. The summed E-state index contributed by atoms with van der Waals surface area (Å²) in [6.07, 6.45) is 7.44. The first-order valence-corrected chi connectivity index (χ1v) is 6.09. The van der Waals surface area contributed by atoms with Crippen LogP contribution in [0.25, 0.3) is 16.9 Å². The molecule has 0 amide bonds. The average Bonchev–Trinajstić information content (AvgIpc) is 3.06. The molecule has 0 aliphatic heterocycles. The molecule has 5 nitrogen and oxygen atoms in total. The minimum Gasteiger partial charge on any atom is -0.326 e. The highest BCUT2D eigenvalue weighted by Gasteiger charge is 2.10. The molecule has 3 rings (SSSR count). The van der Waals surface area contributed by atoms with Crippen LogP contribution in [0.1, 0.15) is 5.56 Å². The zero-order valence-electron chi connectivity index (χ0n) is 10.7. The molecule has 0 radical (unpaired) electrons. The highest BCUT2D eigenvalue weighted by atomic mass is 15.2. The quantitative estimate of drug-likeness (QED) is 0.773. The van der Waals surface area contributed by atoms with E-state index in [9.17, 15) is 0 Å². The maximum absolute atomic E-state index is 5.80. The maximum atomic E-state index is 5.80. The summed E-state index contributed by atoms with van der Waals surface area (Å²) in [5.41, 5.74) is 9.99. The van der Waals surface area contributed by atoms with E-state index in [0.717, 1.165) is 22.5 Å². The highest BCUT2D eigenvalue weighted by Crippen LogP contribution is 2.23. The summed E-state index contributed by atoms with van der Waals surface area (Å²) in [5, 5.41) is 4.20. The molecule has 5 heteroatoms. The van der Waals surface area contributed by atoms with E-state index in [-0.39, 0.29) is 0 Å². The van der Waals surface area contributed by atoms with Gasteiger partial charge in [0.15, 0.2) is 0 Å². The van der Waals surface area contributed by atoms with E-state index >= 15 is 0 Å². The molecule has 0 bridgehead atoms. The molecule has 0 spiro atoms. The van der Waals surface area contributed by atoms with Crippen molar-refractivity contribution < 1.29 is 0 Å². The first-order valence-electron chi connectivity index (χ1n) is 6.09. The van der Waals surface area contributed by atoms with Gasteiger partial charge in [-0.2, -0.15) is 5.10 Å². The van der Waals surface area contributed by atoms with E-state index < -0.39 is 0 Å². The molecule has 0 atom stereocenters. The molecular weight excluding hydrogens is 238 g/mol. The van der Waals surface area contributed by atoms with E-state index in [2.05, 4.69) is 10.1 Å². The average molecular weight is 253 g/mol. The van der Waals surface area contributed by atoms with E-state index in [1.165, 1.54) is 0 Å². The summed E-state index contributed by atoms with van der Waals surface area (Å²) in [6.45, 7) is 0.501. The molecule has 1 aromatic carbocycles. The van der Waals surface area contributed by atoms with Crippen LogP contribution < -0.4 is 5.73 Å². The second-order valence-corrected chi connectivity index (χ2v) is 4.38. The SMILES string of the molecule is Cn1cc(-c2cncn2-c2ccccc2CN)cn1. The third-order valence-electron chi connectivity index (χ3n) is 3.11. The number of nitrogens with zero attached hydrogens (tertiary/aromatic N) is 4. The van der Waals surface area contributed by atoms with Gasteiger partial charge in [-0.1, -0.05) is 18.2 Å². The van der Waals surface area contributed by atoms with Crippen LogP contribution >= 0.6 is 0 Å². The van der Waals surface area contributed by atoms with E-state index in [0.29, 0.717) is 6.54 Å². The van der Waals surface area contributed by atoms with Gasteiger partial charge in [0.2, 0.25) is 0 Å². The topological polar surface area (TPSA) is 61.7 Å². The third kappa shape index (κ3) is 2.04. The van der Waals surface area contributed by atoms with Gasteiger partial charge in [0.1, 0.15) is 0 Å². The van der Waals surface area contributed by atoms with Crippen molar-refractivity contribution in [3.8, 4) is 16.9 Å². The largest absolute Gasteiger partial charge is 0.326 e. The lowest BCUT2D eigenvalue weighted by molar-refractivity contribution is 0.768. The summed E-state index contributed by atoms with van der Waals surface area (Å²) in [4.78, 5) is 4.24. The van der Waals surface area contributed by atoms with Gasteiger partial charge >= 0.3 is 0 Å². The maximum Gasteiger partial charge on any atom is 0.0997 e. The predicted molar refractivity (Wildman–Crippen MR) is 73.7 cm³/mol. The van der Waals surface area contributed by atoms with Gasteiger partial charge in [-0.05, 0) is 11.6 Å². The molecule has 0 aliphatic carbocycles. The molecule has 19 heavy (non-hydrogen) atoms. The molecular formula is C14H15N5. The summed E-state index contributed by atoms with van der Waals surface area (Å²) in [7, 11) is 1.90. The van der Waals surface area contributed by atoms with Crippen molar-refractivity contribution in [2.75, 3.05) is 0 Å². The molecule has 0 fully saturated rings. The number of benzene rings is 1. The van der Waals surface area contributed by atoms with E-state index in [4.69, 9.17) is 5.73 Å². The lowest BCUT2D eigenvalue weighted by Gasteiger charge is -2.11. The standard InChI is InChI=1S/C14H15N5/c1-18-9-12(7-17-18)14-8-16-10-19(14)13-5-3-2-4-11(13)6-15/h2-5,7-10H,6,15H2,1H3. The van der Waals surface area contributed by atoms with Gasteiger partial charge < -0.3 is 5.73 Å². The van der Waals surface area contributed by atoms with Gasteiger partial charge in [0.25, 0.3) is 0 Å². The molecule has 2 heterocycles. The fraction of sp³-hybridized carbons (Fsp3) is 0.143. The number of hydrogen-bond donors (Lipinski definition) is 1. The Morgan fingerprint density at radius 2 is 2.05 bits per heavy atom. The van der Waals surface area contributed by atoms with Crippen LogP contribution in [0.5, 0.6) is 0 Å². The normalized spacial score (nSPS) is 10.8. The molecule has 0 aliphatic rings. The van der Waals surface area contributed by atoms with Crippen LogP contribution in [0, 0.1) is 0 Å². The number of aryl methyl sites for hydroxylation is 1. The summed E-state index contributed by atoms with van der Waals surface area (Å²) in [6, 6.07) is 8.07. The van der Waals surface area contributed by atoms with Crippen molar-refractivity contribution in [1.29, 1.82) is 0 Å². The second-order valence-electron chi connectivity index (χ2n) is 4.38. The Morgan fingerprint density at radius 1 is 1.21 bits per heavy atom. The molecule has 0 saturated heterocycles. The first-order chi connectivity index (χ1) is 9.29. The summed E-state index contributed by atoms with van der Waals surface area (Å²) < 4.78 is 3.82. The van der Waals surface area contributed by atoms with Crippen LogP contribution in [0.2, 0.25) is 0 Å². The third-order valence-corrected chi connectivity index (χ3v) is 3.11. The minimum atomic E-state index is 0.501. The predicted octanol–water partition coefficient (Wildman–Crippen LogP) is 1.73. The first kappa shape index (κ1) is 11.7. The summed E-state index contributed by atoms with van der Waals surface area (Å²) >= 11 is 0. The zero-order chi connectivity index (χ0) is 13.2. The minimum absolute atomic E-state index is 0.501. The van der Waals surface area contributed by atoms with Crippen molar-refractivity contribution in [3.63, 3.8) is 0 Å². The van der Waals surface area contributed by atoms with Crippen LogP contribution in [0.15, 0.2) is 49.2 Å². The number of para-hydroxylation sites is 1. The van der Waals surface area contributed by atoms with E-state index in [1.54, 1.807) is 11.0 Å². The number of imidazole rings is 1. The molecule has 3 aromatic rings. The number of nitrogens with two attached hydrogens (primary N) is 1. The Morgan fingerprint density at radius 3 is 2.79 bits per heavy atom.